The Morgan fingerprint density at radius 2 is 1.78 bits per heavy atom. The monoisotopic (exact) mass is 406 g/mol. The van der Waals surface area contributed by atoms with E-state index >= 15 is 0 Å². The molecule has 1 amide bonds. The van der Waals surface area contributed by atoms with Crippen LogP contribution in [0.5, 0.6) is 0 Å². The molecule has 2 N–H and O–H groups in total. The minimum Gasteiger partial charge on any atom is -0.351 e. The molecule has 2 rings (SSSR count). The van der Waals surface area contributed by atoms with Crippen LogP contribution in [0.4, 0.5) is 13.2 Å². The first-order chi connectivity index (χ1) is 10.8. The molecule has 1 aromatic carbocycles. The summed E-state index contributed by atoms with van der Waals surface area (Å²) >= 11 is 4.95. The smallest absolute Gasteiger partial charge is 0.351 e. The largest absolute Gasteiger partial charge is 0.416 e. The van der Waals surface area contributed by atoms with Crippen molar-refractivity contribution in [1.82, 2.24) is 10.6 Å². The lowest BCUT2D eigenvalue weighted by Crippen LogP contribution is -2.33. The molecule has 0 atom stereocenters. The SMILES string of the molecule is O=C(CNCc1ccc(Br)s1)NCc1ccc(C(F)(F)F)cc1. The van der Waals surface area contributed by atoms with Gasteiger partial charge in [0.2, 0.25) is 5.91 Å². The van der Waals surface area contributed by atoms with E-state index in [1.54, 1.807) is 11.3 Å². The molecular formula is C15H14BrF3N2OS. The molecule has 0 spiro atoms. The average molecular weight is 407 g/mol. The summed E-state index contributed by atoms with van der Waals surface area (Å²) in [5.74, 6) is -0.208. The summed E-state index contributed by atoms with van der Waals surface area (Å²) in [6.07, 6.45) is -4.34. The molecule has 1 aromatic heterocycles. The maximum atomic E-state index is 12.4. The second kappa shape index (κ2) is 7.94. The summed E-state index contributed by atoms with van der Waals surface area (Å²) in [6, 6.07) is 8.64. The standard InChI is InChI=1S/C15H14BrF3N2OS/c16-13-6-5-12(23-13)8-20-9-14(22)21-7-10-1-3-11(4-2-10)15(17,18)19/h1-6,20H,7-9H2,(H,21,22). The van der Waals surface area contributed by atoms with Crippen molar-refractivity contribution in [3.8, 4) is 0 Å². The zero-order chi connectivity index (χ0) is 16.9. The van der Waals surface area contributed by atoms with Crippen molar-refractivity contribution >= 4 is 33.2 Å². The maximum absolute atomic E-state index is 12.4. The predicted octanol–water partition coefficient (Wildman–Crippen LogP) is 3.94. The number of amides is 1. The van der Waals surface area contributed by atoms with Crippen LogP contribution in [0.1, 0.15) is 16.0 Å². The van der Waals surface area contributed by atoms with Crippen LogP contribution in [0.3, 0.4) is 0 Å². The van der Waals surface area contributed by atoms with Crippen LogP contribution >= 0.6 is 27.3 Å². The van der Waals surface area contributed by atoms with Gasteiger partial charge in [0.25, 0.3) is 0 Å². The highest BCUT2D eigenvalue weighted by Crippen LogP contribution is 2.29. The first kappa shape index (κ1) is 18.0. The van der Waals surface area contributed by atoms with E-state index in [9.17, 15) is 18.0 Å². The van der Waals surface area contributed by atoms with Gasteiger partial charge in [-0.25, -0.2) is 0 Å². The van der Waals surface area contributed by atoms with E-state index in [1.165, 1.54) is 12.1 Å². The summed E-state index contributed by atoms with van der Waals surface area (Å²) in [5.41, 5.74) is -0.0788. The van der Waals surface area contributed by atoms with Gasteiger partial charge in [0.1, 0.15) is 0 Å². The Labute approximate surface area is 144 Å². The van der Waals surface area contributed by atoms with E-state index in [4.69, 9.17) is 0 Å². The van der Waals surface area contributed by atoms with Crippen LogP contribution in [0.15, 0.2) is 40.2 Å². The van der Waals surface area contributed by atoms with Gasteiger partial charge in [0, 0.05) is 18.0 Å². The molecule has 0 bridgehead atoms. The lowest BCUT2D eigenvalue weighted by molar-refractivity contribution is -0.137. The second-order valence-electron chi connectivity index (χ2n) is 4.78. The van der Waals surface area contributed by atoms with Gasteiger partial charge in [0.05, 0.1) is 15.9 Å². The summed E-state index contributed by atoms with van der Waals surface area (Å²) in [6.45, 7) is 0.934. The predicted molar refractivity (Wildman–Crippen MR) is 87.0 cm³/mol. The van der Waals surface area contributed by atoms with E-state index < -0.39 is 11.7 Å². The molecule has 124 valence electrons. The highest BCUT2D eigenvalue weighted by molar-refractivity contribution is 9.11. The molecular weight excluding hydrogens is 393 g/mol. The van der Waals surface area contributed by atoms with Crippen LogP contribution in [0.2, 0.25) is 0 Å². The van der Waals surface area contributed by atoms with Gasteiger partial charge in [-0.05, 0) is 45.8 Å². The fourth-order valence-electron chi connectivity index (χ4n) is 1.82. The molecule has 0 aliphatic heterocycles. The Morgan fingerprint density at radius 1 is 1.09 bits per heavy atom. The third kappa shape index (κ3) is 5.96. The number of nitrogens with one attached hydrogen (secondary N) is 2. The average Bonchev–Trinajstić information content (AvgIpc) is 2.90. The van der Waals surface area contributed by atoms with E-state index in [1.807, 2.05) is 12.1 Å². The normalized spacial score (nSPS) is 11.5. The van der Waals surface area contributed by atoms with Gasteiger partial charge in [0.15, 0.2) is 0 Å². The Hall–Kier alpha value is -1.38. The number of carbonyl (C=O) groups is 1. The molecule has 0 saturated heterocycles. The van der Waals surface area contributed by atoms with Gasteiger partial charge in [-0.2, -0.15) is 13.2 Å². The summed E-state index contributed by atoms with van der Waals surface area (Å²) in [4.78, 5) is 12.8. The molecule has 0 saturated carbocycles. The first-order valence-electron chi connectivity index (χ1n) is 6.72. The van der Waals surface area contributed by atoms with Gasteiger partial charge < -0.3 is 10.6 Å². The van der Waals surface area contributed by atoms with E-state index in [0.717, 1.165) is 20.8 Å². The number of hydrogen-bond donors (Lipinski definition) is 2. The molecule has 0 radical (unpaired) electrons. The maximum Gasteiger partial charge on any atom is 0.416 e. The molecule has 0 aliphatic carbocycles. The molecule has 3 nitrogen and oxygen atoms in total. The highest BCUT2D eigenvalue weighted by Gasteiger charge is 2.29. The molecule has 0 fully saturated rings. The van der Waals surface area contributed by atoms with Gasteiger partial charge in [-0.15, -0.1) is 11.3 Å². The van der Waals surface area contributed by atoms with Crippen LogP contribution in [0.25, 0.3) is 0 Å². The summed E-state index contributed by atoms with van der Waals surface area (Å²) < 4.78 is 38.3. The fraction of sp³-hybridized carbons (Fsp3) is 0.267. The van der Waals surface area contributed by atoms with Crippen molar-refractivity contribution in [3.63, 3.8) is 0 Å². The number of alkyl halides is 3. The Kier molecular flexibility index (Phi) is 6.20. The lowest BCUT2D eigenvalue weighted by Gasteiger charge is -2.09. The van der Waals surface area contributed by atoms with Crippen molar-refractivity contribution in [2.24, 2.45) is 0 Å². The Balaban J connectivity index is 1.71. The van der Waals surface area contributed by atoms with Crippen molar-refractivity contribution in [3.05, 3.63) is 56.2 Å². The molecule has 0 aliphatic rings. The number of hydrogen-bond acceptors (Lipinski definition) is 3. The second-order valence-corrected chi connectivity index (χ2v) is 7.33. The topological polar surface area (TPSA) is 41.1 Å². The van der Waals surface area contributed by atoms with Crippen molar-refractivity contribution in [1.29, 1.82) is 0 Å². The van der Waals surface area contributed by atoms with Crippen molar-refractivity contribution in [2.45, 2.75) is 19.3 Å². The quantitative estimate of drug-likeness (QED) is 0.762. The third-order valence-corrected chi connectivity index (χ3v) is 4.61. The summed E-state index contributed by atoms with van der Waals surface area (Å²) in [5, 5.41) is 5.67. The third-order valence-electron chi connectivity index (χ3n) is 2.98. The number of rotatable bonds is 6. The van der Waals surface area contributed by atoms with E-state index in [0.29, 0.717) is 12.1 Å². The molecule has 8 heteroatoms. The number of halogens is 4. The molecule has 0 unspecified atom stereocenters. The minimum absolute atomic E-state index is 0.149. The highest BCUT2D eigenvalue weighted by atomic mass is 79.9. The van der Waals surface area contributed by atoms with E-state index in [-0.39, 0.29) is 19.0 Å². The lowest BCUT2D eigenvalue weighted by atomic mass is 10.1. The number of thiophene rings is 1. The summed E-state index contributed by atoms with van der Waals surface area (Å²) in [7, 11) is 0. The Bertz CT molecular complexity index is 655. The van der Waals surface area contributed by atoms with Crippen LogP contribution in [-0.2, 0) is 24.1 Å². The number of benzene rings is 1. The fourth-order valence-corrected chi connectivity index (χ4v) is 3.27. The van der Waals surface area contributed by atoms with Crippen LogP contribution in [0, 0.1) is 0 Å². The zero-order valence-corrected chi connectivity index (χ0v) is 14.3. The van der Waals surface area contributed by atoms with Crippen molar-refractivity contribution < 1.29 is 18.0 Å². The first-order valence-corrected chi connectivity index (χ1v) is 8.33. The van der Waals surface area contributed by atoms with Crippen LogP contribution in [-0.4, -0.2) is 12.5 Å². The van der Waals surface area contributed by atoms with E-state index in [2.05, 4.69) is 26.6 Å². The molecule has 23 heavy (non-hydrogen) atoms. The zero-order valence-electron chi connectivity index (χ0n) is 11.9. The molecule has 1 heterocycles. The Morgan fingerprint density at radius 3 is 2.35 bits per heavy atom. The minimum atomic E-state index is -4.34. The van der Waals surface area contributed by atoms with Crippen LogP contribution < -0.4 is 10.6 Å². The molecule has 2 aromatic rings. The number of carbonyl (C=O) groups excluding carboxylic acids is 1. The van der Waals surface area contributed by atoms with Gasteiger partial charge in [-0.1, -0.05) is 12.1 Å². The van der Waals surface area contributed by atoms with Gasteiger partial charge >= 0.3 is 6.18 Å². The van der Waals surface area contributed by atoms with Gasteiger partial charge in [-0.3, -0.25) is 4.79 Å². The van der Waals surface area contributed by atoms with Crippen molar-refractivity contribution in [2.75, 3.05) is 6.54 Å².